The molecule has 1 spiro atoms. The Kier molecular flexibility index (Phi) is 5.32. The van der Waals surface area contributed by atoms with Gasteiger partial charge in [0.05, 0.1) is 13.2 Å². The smallest absolute Gasteiger partial charge is 0.327 e. The first-order valence-electron chi connectivity index (χ1n) is 10.3. The van der Waals surface area contributed by atoms with Crippen LogP contribution < -0.4 is 0 Å². The van der Waals surface area contributed by atoms with Crippen molar-refractivity contribution in [2.24, 2.45) is 0 Å². The number of rotatable bonds is 5. The highest BCUT2D eigenvalue weighted by molar-refractivity contribution is 6.07. The third-order valence-corrected chi connectivity index (χ3v) is 6.61. The predicted octanol–water partition coefficient (Wildman–Crippen LogP) is 3.10. The fraction of sp³-hybridized carbons (Fsp3) is 0.478. The van der Waals surface area contributed by atoms with Gasteiger partial charge in [0.2, 0.25) is 0 Å². The first kappa shape index (κ1) is 19.9. The number of amides is 3. The van der Waals surface area contributed by atoms with Crippen LogP contribution >= 0.6 is 0 Å². The van der Waals surface area contributed by atoms with Gasteiger partial charge in [0.1, 0.15) is 5.54 Å². The van der Waals surface area contributed by atoms with E-state index in [1.165, 1.54) is 4.90 Å². The van der Waals surface area contributed by atoms with Gasteiger partial charge in [0, 0.05) is 33.3 Å². The van der Waals surface area contributed by atoms with Gasteiger partial charge in [0.15, 0.2) is 0 Å². The van der Waals surface area contributed by atoms with Crippen molar-refractivity contribution in [1.29, 1.82) is 0 Å². The van der Waals surface area contributed by atoms with Crippen LogP contribution in [-0.2, 0) is 16.1 Å². The average molecular weight is 396 g/mol. The second-order valence-electron chi connectivity index (χ2n) is 8.29. The molecule has 3 amide bonds. The number of likely N-dealkylation sites (N-methyl/N-ethyl adjacent to an activating group) is 1. The van der Waals surface area contributed by atoms with Gasteiger partial charge in [-0.3, -0.25) is 14.6 Å². The summed E-state index contributed by atoms with van der Waals surface area (Å²) in [6.45, 7) is 4.70. The lowest BCUT2D eigenvalue weighted by Gasteiger charge is -2.42. The van der Waals surface area contributed by atoms with Crippen molar-refractivity contribution < 1.29 is 14.3 Å². The second-order valence-corrected chi connectivity index (χ2v) is 8.29. The van der Waals surface area contributed by atoms with Gasteiger partial charge in [-0.1, -0.05) is 36.4 Å². The molecule has 2 fully saturated rings. The summed E-state index contributed by atoms with van der Waals surface area (Å²) in [6, 6.07) is 14.4. The minimum absolute atomic E-state index is 0.0581. The summed E-state index contributed by atoms with van der Waals surface area (Å²) < 4.78 is 5.27. The van der Waals surface area contributed by atoms with Crippen LogP contribution in [0.4, 0.5) is 4.79 Å². The Morgan fingerprint density at radius 1 is 1.07 bits per heavy atom. The Labute approximate surface area is 172 Å². The summed E-state index contributed by atoms with van der Waals surface area (Å²) in [4.78, 5) is 31.8. The van der Waals surface area contributed by atoms with E-state index in [0.717, 1.165) is 29.4 Å². The Bertz CT molecular complexity index is 920. The van der Waals surface area contributed by atoms with Crippen LogP contribution in [0.25, 0.3) is 10.8 Å². The van der Waals surface area contributed by atoms with Crippen molar-refractivity contribution in [3.8, 4) is 0 Å². The lowest BCUT2D eigenvalue weighted by atomic mass is 9.85. The Morgan fingerprint density at radius 3 is 2.45 bits per heavy atom. The zero-order valence-electron chi connectivity index (χ0n) is 17.4. The van der Waals surface area contributed by atoms with Crippen molar-refractivity contribution >= 4 is 22.7 Å². The van der Waals surface area contributed by atoms with Gasteiger partial charge in [0.25, 0.3) is 5.91 Å². The summed E-state index contributed by atoms with van der Waals surface area (Å²) in [7, 11) is 3.48. The van der Waals surface area contributed by atoms with Crippen molar-refractivity contribution in [1.82, 2.24) is 14.7 Å². The van der Waals surface area contributed by atoms with Crippen LogP contribution in [0.1, 0.15) is 25.3 Å². The fourth-order valence-electron chi connectivity index (χ4n) is 4.74. The van der Waals surface area contributed by atoms with Crippen molar-refractivity contribution in [2.45, 2.75) is 37.9 Å². The Hall–Kier alpha value is -2.44. The van der Waals surface area contributed by atoms with Crippen LogP contribution in [0.15, 0.2) is 42.5 Å². The molecule has 6 heteroatoms. The van der Waals surface area contributed by atoms with Crippen LogP contribution in [-0.4, -0.2) is 72.1 Å². The average Bonchev–Trinajstić information content (AvgIpc) is 2.90. The van der Waals surface area contributed by atoms with Gasteiger partial charge < -0.3 is 9.64 Å². The van der Waals surface area contributed by atoms with Gasteiger partial charge in [-0.15, -0.1) is 0 Å². The lowest BCUT2D eigenvalue weighted by Crippen LogP contribution is -2.57. The van der Waals surface area contributed by atoms with Crippen LogP contribution in [0.2, 0.25) is 0 Å². The molecule has 2 saturated heterocycles. The molecular weight excluding hydrogens is 366 g/mol. The molecule has 0 radical (unpaired) electrons. The van der Waals surface area contributed by atoms with Gasteiger partial charge >= 0.3 is 6.03 Å². The van der Waals surface area contributed by atoms with Gasteiger partial charge in [-0.05, 0) is 42.2 Å². The summed E-state index contributed by atoms with van der Waals surface area (Å²) >= 11 is 0. The molecule has 0 saturated carbocycles. The van der Waals surface area contributed by atoms with E-state index in [-0.39, 0.29) is 11.9 Å². The molecule has 2 aromatic carbocycles. The summed E-state index contributed by atoms with van der Waals surface area (Å²) in [5, 5.41) is 2.27. The highest BCUT2D eigenvalue weighted by Gasteiger charge is 2.56. The van der Waals surface area contributed by atoms with E-state index < -0.39 is 5.54 Å². The molecule has 154 valence electrons. The molecule has 2 aliphatic rings. The molecule has 0 aromatic heterocycles. The maximum absolute atomic E-state index is 13.4. The van der Waals surface area contributed by atoms with E-state index in [1.807, 2.05) is 24.3 Å². The normalized spacial score (nSPS) is 20.8. The van der Waals surface area contributed by atoms with E-state index in [9.17, 15) is 9.59 Å². The van der Waals surface area contributed by atoms with Crippen molar-refractivity contribution in [3.05, 3.63) is 48.0 Å². The number of urea groups is 1. The summed E-state index contributed by atoms with van der Waals surface area (Å²) in [6.07, 6.45) is 1.33. The number of nitrogens with zero attached hydrogens (tertiary/aromatic N) is 3. The number of ether oxygens (including phenoxy) is 1. The quantitative estimate of drug-likeness (QED) is 0.730. The SMILES string of the molecule is COC[C@H](C)N1CCC2(CC1)C(=O)N(Cc1ccc3ccccc3c1)C(=O)N2C. The molecule has 0 bridgehead atoms. The number of piperidine rings is 1. The lowest BCUT2D eigenvalue weighted by molar-refractivity contribution is -0.136. The van der Waals surface area contributed by atoms with Crippen LogP contribution in [0.3, 0.4) is 0 Å². The highest BCUT2D eigenvalue weighted by atomic mass is 16.5. The third kappa shape index (κ3) is 3.40. The molecule has 2 heterocycles. The molecule has 29 heavy (non-hydrogen) atoms. The minimum Gasteiger partial charge on any atom is -0.383 e. The maximum Gasteiger partial charge on any atom is 0.327 e. The molecule has 2 aromatic rings. The monoisotopic (exact) mass is 395 g/mol. The topological polar surface area (TPSA) is 53.1 Å². The van der Waals surface area contributed by atoms with Crippen LogP contribution in [0, 0.1) is 0 Å². The number of imide groups is 1. The van der Waals surface area contributed by atoms with E-state index in [2.05, 4.69) is 30.0 Å². The first-order valence-corrected chi connectivity index (χ1v) is 10.3. The van der Waals surface area contributed by atoms with Crippen molar-refractivity contribution in [2.75, 3.05) is 33.9 Å². The Morgan fingerprint density at radius 2 is 1.76 bits per heavy atom. The molecule has 2 aliphatic heterocycles. The van der Waals surface area contributed by atoms with Crippen LogP contribution in [0.5, 0.6) is 0 Å². The number of hydrogen-bond donors (Lipinski definition) is 0. The largest absolute Gasteiger partial charge is 0.383 e. The molecule has 4 rings (SSSR count). The predicted molar refractivity (Wildman–Crippen MR) is 113 cm³/mol. The molecule has 0 aliphatic carbocycles. The number of carbonyl (C=O) groups excluding carboxylic acids is 2. The molecule has 6 nitrogen and oxygen atoms in total. The zero-order chi connectivity index (χ0) is 20.6. The standard InChI is InChI=1S/C23H29N3O3/c1-17(16-29-3)25-12-10-23(11-13-25)21(27)26(22(28)24(23)2)15-18-8-9-19-6-4-5-7-20(19)14-18/h4-9,14,17H,10-13,15-16H2,1-3H3/t17-/m0/s1. The minimum atomic E-state index is -0.711. The van der Waals surface area contributed by atoms with Crippen molar-refractivity contribution in [3.63, 3.8) is 0 Å². The highest BCUT2D eigenvalue weighted by Crippen LogP contribution is 2.37. The molecule has 0 N–H and O–H groups in total. The van der Waals surface area contributed by atoms with E-state index in [0.29, 0.717) is 32.0 Å². The number of methoxy groups -OCH3 is 1. The number of hydrogen-bond acceptors (Lipinski definition) is 4. The zero-order valence-corrected chi connectivity index (χ0v) is 17.4. The molecule has 0 unspecified atom stereocenters. The number of carbonyl (C=O) groups is 2. The summed E-state index contributed by atoms with van der Waals surface area (Å²) in [5.74, 6) is -0.0581. The summed E-state index contributed by atoms with van der Waals surface area (Å²) in [5.41, 5.74) is 0.263. The number of fused-ring (bicyclic) bond motifs is 1. The maximum atomic E-state index is 13.4. The second kappa shape index (κ2) is 7.76. The van der Waals surface area contributed by atoms with E-state index in [4.69, 9.17) is 4.74 Å². The molecule has 1 atom stereocenters. The van der Waals surface area contributed by atoms with E-state index >= 15 is 0 Å². The van der Waals surface area contributed by atoms with E-state index in [1.54, 1.807) is 19.1 Å². The number of likely N-dealkylation sites (tertiary alicyclic amines) is 1. The Balaban J connectivity index is 1.51. The van der Waals surface area contributed by atoms with Gasteiger partial charge in [-0.2, -0.15) is 0 Å². The molecular formula is C23H29N3O3. The van der Waals surface area contributed by atoms with Gasteiger partial charge in [-0.25, -0.2) is 4.79 Å². The number of benzene rings is 2. The third-order valence-electron chi connectivity index (χ3n) is 6.61. The first-order chi connectivity index (χ1) is 14.0. The fourth-order valence-corrected chi connectivity index (χ4v) is 4.74.